The molecular formula is C23H29NO2. The van der Waals surface area contributed by atoms with Crippen molar-refractivity contribution >= 4 is 5.91 Å². The van der Waals surface area contributed by atoms with E-state index < -0.39 is 0 Å². The van der Waals surface area contributed by atoms with Crippen molar-refractivity contribution in [2.75, 3.05) is 20.2 Å². The fourth-order valence-corrected chi connectivity index (χ4v) is 3.84. The summed E-state index contributed by atoms with van der Waals surface area (Å²) >= 11 is 0. The molecule has 0 aliphatic carbocycles. The number of benzene rings is 2. The van der Waals surface area contributed by atoms with Gasteiger partial charge in [0.2, 0.25) is 5.91 Å². The van der Waals surface area contributed by atoms with E-state index in [2.05, 4.69) is 47.4 Å². The van der Waals surface area contributed by atoms with E-state index >= 15 is 0 Å². The zero-order valence-electron chi connectivity index (χ0n) is 15.9. The average Bonchev–Trinajstić information content (AvgIpc) is 2.67. The standard InChI is InChI=1S/C23H29NO2/c1-18-16-20(8-10-22(18)26-2)9-11-23(25)24-14-12-21(13-15-24)17-19-6-4-3-5-7-19/h3-8,10,16,21H,9,11-15,17H2,1-2H3. The Morgan fingerprint density at radius 1 is 1.08 bits per heavy atom. The highest BCUT2D eigenvalue weighted by atomic mass is 16.5. The van der Waals surface area contributed by atoms with Gasteiger partial charge >= 0.3 is 0 Å². The molecule has 0 saturated carbocycles. The predicted octanol–water partition coefficient (Wildman–Crippen LogP) is 4.42. The number of aryl methyl sites for hydroxylation is 2. The van der Waals surface area contributed by atoms with E-state index in [4.69, 9.17) is 4.74 Å². The average molecular weight is 351 g/mol. The molecule has 0 atom stereocenters. The van der Waals surface area contributed by atoms with Crippen molar-refractivity contribution < 1.29 is 9.53 Å². The monoisotopic (exact) mass is 351 g/mol. The minimum Gasteiger partial charge on any atom is -0.496 e. The van der Waals surface area contributed by atoms with Crippen LogP contribution in [0.15, 0.2) is 48.5 Å². The number of carbonyl (C=O) groups is 1. The maximum Gasteiger partial charge on any atom is 0.222 e. The van der Waals surface area contributed by atoms with E-state index in [1.807, 2.05) is 13.0 Å². The second-order valence-corrected chi connectivity index (χ2v) is 7.32. The summed E-state index contributed by atoms with van der Waals surface area (Å²) in [6, 6.07) is 16.9. The Bertz CT molecular complexity index is 718. The van der Waals surface area contributed by atoms with Gasteiger partial charge < -0.3 is 9.64 Å². The van der Waals surface area contributed by atoms with Crippen molar-refractivity contribution in [3.05, 3.63) is 65.2 Å². The van der Waals surface area contributed by atoms with E-state index in [-0.39, 0.29) is 5.91 Å². The molecule has 0 radical (unpaired) electrons. The van der Waals surface area contributed by atoms with Crippen LogP contribution < -0.4 is 4.74 Å². The smallest absolute Gasteiger partial charge is 0.222 e. The summed E-state index contributed by atoms with van der Waals surface area (Å²) in [5.41, 5.74) is 3.74. The first-order valence-corrected chi connectivity index (χ1v) is 9.61. The summed E-state index contributed by atoms with van der Waals surface area (Å²) < 4.78 is 5.30. The minimum atomic E-state index is 0.289. The molecule has 1 aliphatic rings. The van der Waals surface area contributed by atoms with Gasteiger partial charge in [-0.25, -0.2) is 0 Å². The van der Waals surface area contributed by atoms with Crippen LogP contribution >= 0.6 is 0 Å². The van der Waals surface area contributed by atoms with E-state index in [1.54, 1.807) is 7.11 Å². The Kier molecular flexibility index (Phi) is 6.32. The molecule has 1 aliphatic heterocycles. The van der Waals surface area contributed by atoms with Crippen molar-refractivity contribution in [3.63, 3.8) is 0 Å². The van der Waals surface area contributed by atoms with E-state index in [0.717, 1.165) is 50.1 Å². The van der Waals surface area contributed by atoms with Crippen LogP contribution in [0.2, 0.25) is 0 Å². The van der Waals surface area contributed by atoms with Gasteiger partial charge in [-0.15, -0.1) is 0 Å². The number of methoxy groups -OCH3 is 1. The van der Waals surface area contributed by atoms with Crippen molar-refractivity contribution in [1.29, 1.82) is 0 Å². The molecule has 0 aromatic heterocycles. The molecule has 1 saturated heterocycles. The number of nitrogens with zero attached hydrogens (tertiary/aromatic N) is 1. The lowest BCUT2D eigenvalue weighted by molar-refractivity contribution is -0.132. The van der Waals surface area contributed by atoms with Crippen molar-refractivity contribution in [2.45, 2.75) is 39.0 Å². The molecule has 1 heterocycles. The lowest BCUT2D eigenvalue weighted by atomic mass is 9.90. The highest BCUT2D eigenvalue weighted by molar-refractivity contribution is 5.76. The fourth-order valence-electron chi connectivity index (χ4n) is 3.84. The molecular weight excluding hydrogens is 322 g/mol. The SMILES string of the molecule is COc1ccc(CCC(=O)N2CCC(Cc3ccccc3)CC2)cc1C. The van der Waals surface area contributed by atoms with Gasteiger partial charge in [0.05, 0.1) is 7.11 Å². The Hall–Kier alpha value is -2.29. The number of carbonyl (C=O) groups excluding carboxylic acids is 1. The van der Waals surface area contributed by atoms with Crippen LogP contribution in [0.25, 0.3) is 0 Å². The zero-order chi connectivity index (χ0) is 18.4. The van der Waals surface area contributed by atoms with Gasteiger partial charge in [-0.1, -0.05) is 42.5 Å². The molecule has 26 heavy (non-hydrogen) atoms. The van der Waals surface area contributed by atoms with E-state index in [9.17, 15) is 4.79 Å². The number of hydrogen-bond donors (Lipinski definition) is 0. The Morgan fingerprint density at radius 2 is 1.81 bits per heavy atom. The third kappa shape index (κ3) is 4.87. The van der Waals surface area contributed by atoms with Crippen LogP contribution in [-0.4, -0.2) is 31.0 Å². The lowest BCUT2D eigenvalue weighted by Crippen LogP contribution is -2.39. The molecule has 3 rings (SSSR count). The van der Waals surface area contributed by atoms with Crippen LogP contribution in [0.1, 0.15) is 36.0 Å². The molecule has 0 spiro atoms. The molecule has 138 valence electrons. The van der Waals surface area contributed by atoms with Gasteiger partial charge in [0.1, 0.15) is 5.75 Å². The number of hydrogen-bond acceptors (Lipinski definition) is 2. The molecule has 2 aromatic carbocycles. The predicted molar refractivity (Wildman–Crippen MR) is 106 cm³/mol. The summed E-state index contributed by atoms with van der Waals surface area (Å²) in [4.78, 5) is 14.6. The number of rotatable bonds is 6. The number of amides is 1. The van der Waals surface area contributed by atoms with Gasteiger partial charge in [0, 0.05) is 19.5 Å². The Balaban J connectivity index is 1.44. The van der Waals surface area contributed by atoms with Gasteiger partial charge in [-0.2, -0.15) is 0 Å². The van der Waals surface area contributed by atoms with E-state index in [1.165, 1.54) is 11.1 Å². The zero-order valence-corrected chi connectivity index (χ0v) is 15.9. The van der Waals surface area contributed by atoms with Gasteiger partial charge in [0.15, 0.2) is 0 Å². The Morgan fingerprint density at radius 3 is 2.46 bits per heavy atom. The number of likely N-dealkylation sites (tertiary alicyclic amines) is 1. The van der Waals surface area contributed by atoms with Gasteiger partial charge in [0.25, 0.3) is 0 Å². The van der Waals surface area contributed by atoms with Crippen LogP contribution in [-0.2, 0) is 17.6 Å². The maximum atomic E-state index is 12.5. The minimum absolute atomic E-state index is 0.289. The highest BCUT2D eigenvalue weighted by Crippen LogP contribution is 2.23. The lowest BCUT2D eigenvalue weighted by Gasteiger charge is -2.32. The first-order chi connectivity index (χ1) is 12.7. The van der Waals surface area contributed by atoms with Gasteiger partial charge in [-0.3, -0.25) is 4.79 Å². The number of piperidine rings is 1. The van der Waals surface area contributed by atoms with Crippen LogP contribution in [0.3, 0.4) is 0 Å². The summed E-state index contributed by atoms with van der Waals surface area (Å²) in [6.07, 6.45) is 4.75. The molecule has 0 N–H and O–H groups in total. The normalized spacial score (nSPS) is 15.1. The Labute approximate surface area is 157 Å². The third-order valence-electron chi connectivity index (χ3n) is 5.42. The van der Waals surface area contributed by atoms with E-state index in [0.29, 0.717) is 12.3 Å². The van der Waals surface area contributed by atoms with Crippen LogP contribution in [0, 0.1) is 12.8 Å². The molecule has 1 amide bonds. The maximum absolute atomic E-state index is 12.5. The topological polar surface area (TPSA) is 29.5 Å². The molecule has 3 heteroatoms. The molecule has 2 aromatic rings. The molecule has 3 nitrogen and oxygen atoms in total. The summed E-state index contributed by atoms with van der Waals surface area (Å²) in [7, 11) is 1.69. The molecule has 1 fully saturated rings. The number of ether oxygens (including phenoxy) is 1. The second kappa shape index (κ2) is 8.88. The fraction of sp³-hybridized carbons (Fsp3) is 0.435. The first kappa shape index (κ1) is 18.5. The molecule has 0 unspecified atom stereocenters. The van der Waals surface area contributed by atoms with Gasteiger partial charge in [-0.05, 0) is 61.3 Å². The van der Waals surface area contributed by atoms with Crippen molar-refractivity contribution in [1.82, 2.24) is 4.90 Å². The third-order valence-corrected chi connectivity index (χ3v) is 5.42. The summed E-state index contributed by atoms with van der Waals surface area (Å²) in [5, 5.41) is 0. The van der Waals surface area contributed by atoms with Crippen LogP contribution in [0.5, 0.6) is 5.75 Å². The summed E-state index contributed by atoms with van der Waals surface area (Å²) in [5.74, 6) is 1.89. The quantitative estimate of drug-likeness (QED) is 0.771. The molecule has 0 bridgehead atoms. The van der Waals surface area contributed by atoms with Crippen molar-refractivity contribution in [2.24, 2.45) is 5.92 Å². The van der Waals surface area contributed by atoms with Crippen LogP contribution in [0.4, 0.5) is 0 Å². The van der Waals surface area contributed by atoms with Crippen molar-refractivity contribution in [3.8, 4) is 5.75 Å². The first-order valence-electron chi connectivity index (χ1n) is 9.61. The highest BCUT2D eigenvalue weighted by Gasteiger charge is 2.22. The largest absolute Gasteiger partial charge is 0.496 e. The summed E-state index contributed by atoms with van der Waals surface area (Å²) in [6.45, 7) is 3.84. The second-order valence-electron chi connectivity index (χ2n) is 7.32.